The van der Waals surface area contributed by atoms with E-state index in [0.29, 0.717) is 70.9 Å². The van der Waals surface area contributed by atoms with E-state index < -0.39 is 47.0 Å². The Morgan fingerprint density at radius 1 is 0.304 bits per heavy atom. The molecule has 16 heteroatoms. The predicted octanol–water partition coefficient (Wildman–Crippen LogP) is 23.7. The van der Waals surface area contributed by atoms with Crippen molar-refractivity contribution < 1.29 is 76.8 Å². The van der Waals surface area contributed by atoms with Gasteiger partial charge in [0, 0.05) is 6.61 Å². The second-order valence-corrected chi connectivity index (χ2v) is 30.1. The van der Waals surface area contributed by atoms with Crippen LogP contribution < -0.4 is 23.7 Å². The van der Waals surface area contributed by atoms with Crippen LogP contribution in [0.25, 0.3) is 0 Å². The standard InChI is InChI=1S/C35H46O6.C28H38O6.C23H30O4/c1-8-26(28-14-20-33(21-15-28)40-34(37)41-35(5,6)7)23-30(29-10-16-31(36)17-11-29)22-24(3)27-12-18-32(19-13-27)39-25(4)38-9-2;1-9-20(22-12-16-24(17-13-22)32-26(30)34-28(6,7)8)18-19(2)21-10-14-23(15-11-21)31-25(29)33-27(3,4)5;1-6-17(15-16(2)18-7-11-20(24)12-8-18)19-9-13-21(14-10-19)26-22(25)27-23(3,4)5/h10-21,24-26,30,36H,8-9,22-23H2,1-7H3;10-17,19-20H,9,18H2,1-8H3;7-14,16-17,24H,6,15H2,1-5H3. The smallest absolute Gasteiger partial charge is 0.508 e. The van der Waals surface area contributed by atoms with Crippen LogP contribution >= 0.6 is 0 Å². The van der Waals surface area contributed by atoms with Crippen LogP contribution in [0, 0.1) is 0 Å². The quantitative estimate of drug-likeness (QED) is 0.0224. The van der Waals surface area contributed by atoms with Crippen LogP contribution in [0.15, 0.2) is 170 Å². The van der Waals surface area contributed by atoms with Gasteiger partial charge in [-0.25, -0.2) is 19.2 Å². The Bertz CT molecular complexity index is 3610. The van der Waals surface area contributed by atoms with Gasteiger partial charge in [-0.05, 0) is 307 Å². The number of phenolic OH excluding ortho intramolecular Hbond substituents is 2. The third-order valence-corrected chi connectivity index (χ3v) is 16.8. The number of aromatic hydroxyl groups is 2. The first-order valence-corrected chi connectivity index (χ1v) is 35.9. The number of ether oxygens (including phenoxy) is 10. The highest BCUT2D eigenvalue weighted by Crippen LogP contribution is 2.41. The zero-order valence-electron chi connectivity index (χ0n) is 64.1. The fraction of sp³-hybridized carbons (Fsp3) is 0.465. The zero-order chi connectivity index (χ0) is 75.5. The Morgan fingerprint density at radius 2 is 0.520 bits per heavy atom. The molecule has 8 atom stereocenters. The van der Waals surface area contributed by atoms with E-state index in [1.165, 1.54) is 38.9 Å². The molecule has 7 rings (SSSR count). The third kappa shape index (κ3) is 31.1. The molecule has 0 aliphatic rings. The fourth-order valence-electron chi connectivity index (χ4n) is 11.7. The highest BCUT2D eigenvalue weighted by atomic mass is 16.8. The number of benzene rings is 7. The van der Waals surface area contributed by atoms with Crippen LogP contribution in [0.1, 0.15) is 264 Å². The third-order valence-electron chi connectivity index (χ3n) is 16.8. The lowest BCUT2D eigenvalue weighted by Gasteiger charge is -2.27. The number of hydrogen-bond acceptors (Lipinski definition) is 16. The second-order valence-electron chi connectivity index (χ2n) is 30.1. The van der Waals surface area contributed by atoms with Gasteiger partial charge in [0.25, 0.3) is 0 Å². The first kappa shape index (κ1) is 83.6. The Labute approximate surface area is 607 Å². The summed E-state index contributed by atoms with van der Waals surface area (Å²) in [5.74, 6) is 5.56. The molecule has 0 fully saturated rings. The van der Waals surface area contributed by atoms with Crippen molar-refractivity contribution in [3.8, 4) is 40.2 Å². The van der Waals surface area contributed by atoms with Crippen molar-refractivity contribution in [2.75, 3.05) is 6.61 Å². The maximum absolute atomic E-state index is 12.1. The molecule has 7 aromatic rings. The van der Waals surface area contributed by atoms with Crippen molar-refractivity contribution in [1.29, 1.82) is 0 Å². The summed E-state index contributed by atoms with van der Waals surface area (Å²) in [5, 5.41) is 19.4. The minimum atomic E-state index is -0.710. The van der Waals surface area contributed by atoms with Gasteiger partial charge in [0.2, 0.25) is 0 Å². The minimum Gasteiger partial charge on any atom is -0.508 e. The number of carbonyl (C=O) groups is 4. The number of carbonyl (C=O) groups excluding carboxylic acids is 4. The van der Waals surface area contributed by atoms with Gasteiger partial charge in [0.15, 0.2) is 6.29 Å². The van der Waals surface area contributed by atoms with Crippen molar-refractivity contribution in [2.45, 2.75) is 254 Å². The summed E-state index contributed by atoms with van der Waals surface area (Å²) >= 11 is 0. The molecule has 0 bridgehead atoms. The van der Waals surface area contributed by atoms with Crippen molar-refractivity contribution in [3.63, 3.8) is 0 Å². The molecule has 0 saturated carbocycles. The van der Waals surface area contributed by atoms with E-state index in [-0.39, 0.29) is 18.0 Å². The number of rotatable bonds is 26. The van der Waals surface area contributed by atoms with Gasteiger partial charge in [-0.2, -0.15) is 0 Å². The number of phenols is 2. The summed E-state index contributed by atoms with van der Waals surface area (Å²) in [6.45, 7) is 39.3. The largest absolute Gasteiger partial charge is 0.514 e. The van der Waals surface area contributed by atoms with Gasteiger partial charge in [0.1, 0.15) is 62.7 Å². The first-order chi connectivity index (χ1) is 47.9. The summed E-state index contributed by atoms with van der Waals surface area (Å²) in [5.41, 5.74) is 6.08. The Hall–Kier alpha value is -9.02. The van der Waals surface area contributed by atoms with E-state index in [4.69, 9.17) is 47.4 Å². The molecule has 16 nitrogen and oxygen atoms in total. The van der Waals surface area contributed by atoms with E-state index in [9.17, 15) is 29.4 Å². The Morgan fingerprint density at radius 3 is 0.775 bits per heavy atom. The molecule has 0 aromatic heterocycles. The van der Waals surface area contributed by atoms with Crippen LogP contribution in [0.4, 0.5) is 19.2 Å². The SMILES string of the molecule is CCC(CC(C)c1ccc(O)cc1)c1ccc(OC(=O)OC(C)(C)C)cc1.CCC(CC(C)c1ccc(OC(=O)OC(C)(C)C)cc1)c1ccc(OC(=O)OC(C)(C)C)cc1.CCOC(C)Oc1ccc(C(C)CC(CC(CC)c2ccc(OC(=O)OC(C)(C)C)cc2)c2ccc(O)cc2)cc1. The molecule has 2 N–H and O–H groups in total. The summed E-state index contributed by atoms with van der Waals surface area (Å²) in [6, 6.07) is 53.8. The monoisotopic (exact) mass is 1400 g/mol. The van der Waals surface area contributed by atoms with Crippen molar-refractivity contribution in [1.82, 2.24) is 0 Å². The average Bonchev–Trinajstić information content (AvgIpc) is 0.838. The van der Waals surface area contributed by atoms with Gasteiger partial charge < -0.3 is 57.6 Å². The highest BCUT2D eigenvalue weighted by Gasteiger charge is 2.26. The lowest BCUT2D eigenvalue weighted by Crippen LogP contribution is -2.26. The van der Waals surface area contributed by atoms with Crippen molar-refractivity contribution in [3.05, 3.63) is 209 Å². The van der Waals surface area contributed by atoms with Crippen molar-refractivity contribution in [2.24, 2.45) is 0 Å². The summed E-state index contributed by atoms with van der Waals surface area (Å²) in [6.07, 6.45) is 3.74. The van der Waals surface area contributed by atoms with E-state index in [0.717, 1.165) is 50.7 Å². The molecule has 8 unspecified atom stereocenters. The molecule has 0 amide bonds. The minimum absolute atomic E-state index is 0.269. The second kappa shape index (κ2) is 39.4. The summed E-state index contributed by atoms with van der Waals surface area (Å²) in [7, 11) is 0. The van der Waals surface area contributed by atoms with Gasteiger partial charge in [-0.15, -0.1) is 0 Å². The fourth-order valence-corrected chi connectivity index (χ4v) is 11.7. The van der Waals surface area contributed by atoms with E-state index in [1.807, 2.05) is 144 Å². The molecule has 0 aliphatic carbocycles. The lowest BCUT2D eigenvalue weighted by molar-refractivity contribution is -0.0613. The average molecular weight is 1400 g/mol. The van der Waals surface area contributed by atoms with E-state index in [1.54, 1.807) is 111 Å². The summed E-state index contributed by atoms with van der Waals surface area (Å²) in [4.78, 5) is 47.6. The van der Waals surface area contributed by atoms with Crippen LogP contribution in [0.5, 0.6) is 40.2 Å². The van der Waals surface area contributed by atoms with Crippen LogP contribution in [-0.2, 0) is 23.7 Å². The Kier molecular flexibility index (Phi) is 32.3. The molecule has 102 heavy (non-hydrogen) atoms. The molecular formula is C86H114O16. The first-order valence-electron chi connectivity index (χ1n) is 35.9. The Balaban J connectivity index is 0.000000281. The molecule has 0 aliphatic heterocycles. The molecule has 0 spiro atoms. The van der Waals surface area contributed by atoms with Gasteiger partial charge in [-0.1, -0.05) is 126 Å². The predicted molar refractivity (Wildman–Crippen MR) is 403 cm³/mol. The normalized spacial score (nSPS) is 14.0. The molecule has 0 heterocycles. The van der Waals surface area contributed by atoms with Gasteiger partial charge >= 0.3 is 24.6 Å². The lowest BCUT2D eigenvalue weighted by atomic mass is 9.78. The summed E-state index contributed by atoms with van der Waals surface area (Å²) < 4.78 is 53.3. The highest BCUT2D eigenvalue weighted by molar-refractivity contribution is 5.66. The maximum Gasteiger partial charge on any atom is 0.514 e. The van der Waals surface area contributed by atoms with Crippen LogP contribution in [0.2, 0.25) is 0 Å². The molecule has 0 saturated heterocycles. The van der Waals surface area contributed by atoms with Gasteiger partial charge in [-0.3, -0.25) is 0 Å². The topological polar surface area (TPSA) is 201 Å². The van der Waals surface area contributed by atoms with Gasteiger partial charge in [0.05, 0.1) is 0 Å². The maximum atomic E-state index is 12.1. The molecule has 7 aromatic carbocycles. The molecule has 554 valence electrons. The molecular weight excluding hydrogens is 1290 g/mol. The van der Waals surface area contributed by atoms with E-state index in [2.05, 4.69) is 53.7 Å². The molecule has 0 radical (unpaired) electrons. The number of hydrogen-bond donors (Lipinski definition) is 2. The zero-order valence-corrected chi connectivity index (χ0v) is 64.1. The van der Waals surface area contributed by atoms with Crippen LogP contribution in [-0.4, -0.2) is 70.1 Å². The van der Waals surface area contributed by atoms with E-state index >= 15 is 0 Å². The van der Waals surface area contributed by atoms with Crippen molar-refractivity contribution >= 4 is 24.6 Å². The van der Waals surface area contributed by atoms with Crippen LogP contribution in [0.3, 0.4) is 0 Å².